The molecule has 1 aromatic rings. The van der Waals surface area contributed by atoms with E-state index in [1.54, 1.807) is 4.90 Å². The van der Waals surface area contributed by atoms with Crippen molar-refractivity contribution in [2.75, 3.05) is 19.6 Å². The topological polar surface area (TPSA) is 92.5 Å². The Bertz CT molecular complexity index is 587. The summed E-state index contributed by atoms with van der Waals surface area (Å²) in [6, 6.07) is 2.94. The van der Waals surface area contributed by atoms with E-state index >= 15 is 0 Å². The van der Waals surface area contributed by atoms with Crippen LogP contribution in [-0.2, 0) is 14.8 Å². The monoisotopic (exact) mass is 337 g/mol. The fourth-order valence-corrected chi connectivity index (χ4v) is 4.68. The zero-order valence-corrected chi connectivity index (χ0v) is 13.1. The summed E-state index contributed by atoms with van der Waals surface area (Å²) < 4.78 is 26.7. The average molecular weight is 338 g/mol. The van der Waals surface area contributed by atoms with Crippen LogP contribution >= 0.6 is 22.9 Å². The molecule has 1 aromatic heterocycles. The van der Waals surface area contributed by atoms with Crippen molar-refractivity contribution in [3.8, 4) is 0 Å². The first-order valence-electron chi connectivity index (χ1n) is 6.18. The van der Waals surface area contributed by atoms with E-state index in [1.807, 2.05) is 0 Å². The molecule has 0 bridgehead atoms. The van der Waals surface area contributed by atoms with Crippen LogP contribution < -0.4 is 10.5 Å². The Hall–Kier alpha value is -0.670. The Morgan fingerprint density at radius 2 is 2.30 bits per heavy atom. The van der Waals surface area contributed by atoms with Gasteiger partial charge in [0.25, 0.3) is 10.0 Å². The molecule has 0 aliphatic carbocycles. The molecule has 2 rings (SSSR count). The molecule has 9 heteroatoms. The van der Waals surface area contributed by atoms with Gasteiger partial charge in [-0.3, -0.25) is 4.79 Å². The molecule has 112 valence electrons. The maximum atomic E-state index is 12.0. The van der Waals surface area contributed by atoms with Gasteiger partial charge in [-0.1, -0.05) is 11.6 Å². The van der Waals surface area contributed by atoms with Crippen LogP contribution in [0.1, 0.15) is 12.8 Å². The van der Waals surface area contributed by atoms with Gasteiger partial charge in [-0.15, -0.1) is 11.3 Å². The minimum atomic E-state index is -3.68. The molecule has 0 saturated carbocycles. The zero-order chi connectivity index (χ0) is 14.8. The number of thiophene rings is 1. The summed E-state index contributed by atoms with van der Waals surface area (Å²) in [5.74, 6) is -0.246. The van der Waals surface area contributed by atoms with Crippen molar-refractivity contribution >= 4 is 38.9 Å². The number of carbonyl (C=O) groups is 1. The third kappa shape index (κ3) is 3.50. The van der Waals surface area contributed by atoms with Crippen molar-refractivity contribution in [2.24, 2.45) is 5.73 Å². The molecule has 0 radical (unpaired) electrons. The highest BCUT2D eigenvalue weighted by Gasteiger charge is 2.28. The molecule has 6 nitrogen and oxygen atoms in total. The first-order valence-corrected chi connectivity index (χ1v) is 8.86. The minimum absolute atomic E-state index is 0.0168. The van der Waals surface area contributed by atoms with Crippen LogP contribution in [0.25, 0.3) is 0 Å². The van der Waals surface area contributed by atoms with Crippen LogP contribution in [0.15, 0.2) is 16.3 Å². The molecule has 1 unspecified atom stereocenters. The Labute approximate surface area is 126 Å². The summed E-state index contributed by atoms with van der Waals surface area (Å²) in [5, 5.41) is 0. The lowest BCUT2D eigenvalue weighted by atomic mass is 10.2. The molecule has 0 spiro atoms. The fraction of sp³-hybridized carbons (Fsp3) is 0.545. The van der Waals surface area contributed by atoms with E-state index in [1.165, 1.54) is 12.1 Å². The van der Waals surface area contributed by atoms with Crippen LogP contribution in [0.3, 0.4) is 0 Å². The van der Waals surface area contributed by atoms with Crippen molar-refractivity contribution < 1.29 is 13.2 Å². The van der Waals surface area contributed by atoms with Gasteiger partial charge in [-0.2, -0.15) is 0 Å². The molecule has 1 aliphatic heterocycles. The maximum Gasteiger partial charge on any atom is 0.250 e. The van der Waals surface area contributed by atoms with Gasteiger partial charge >= 0.3 is 0 Å². The number of halogens is 1. The summed E-state index contributed by atoms with van der Waals surface area (Å²) in [5.41, 5.74) is 5.59. The number of sulfonamides is 1. The SMILES string of the molecule is NCC1CCCN1C(=O)CNS(=O)(=O)c1ccc(Cl)s1. The lowest BCUT2D eigenvalue weighted by Gasteiger charge is -2.23. The number of likely N-dealkylation sites (tertiary alicyclic amines) is 1. The summed E-state index contributed by atoms with van der Waals surface area (Å²) >= 11 is 6.66. The van der Waals surface area contributed by atoms with Crippen LogP contribution in [-0.4, -0.2) is 44.9 Å². The maximum absolute atomic E-state index is 12.0. The van der Waals surface area contributed by atoms with E-state index < -0.39 is 10.0 Å². The predicted octanol–water partition coefficient (Wildman–Crippen LogP) is 0.629. The second-order valence-electron chi connectivity index (χ2n) is 4.50. The molecule has 1 aliphatic rings. The molecule has 20 heavy (non-hydrogen) atoms. The average Bonchev–Trinajstić information content (AvgIpc) is 3.04. The van der Waals surface area contributed by atoms with Gasteiger partial charge in [0.05, 0.1) is 10.9 Å². The first-order chi connectivity index (χ1) is 9.44. The van der Waals surface area contributed by atoms with E-state index in [2.05, 4.69) is 4.72 Å². The smallest absolute Gasteiger partial charge is 0.250 e. The number of nitrogens with zero attached hydrogens (tertiary/aromatic N) is 1. The highest BCUT2D eigenvalue weighted by Crippen LogP contribution is 2.25. The normalized spacial score (nSPS) is 19.5. The molecule has 3 N–H and O–H groups in total. The molecular weight excluding hydrogens is 322 g/mol. The van der Waals surface area contributed by atoms with E-state index in [4.69, 9.17) is 17.3 Å². The third-order valence-corrected chi connectivity index (χ3v) is 6.32. The van der Waals surface area contributed by atoms with Gasteiger partial charge in [-0.25, -0.2) is 13.1 Å². The van der Waals surface area contributed by atoms with Gasteiger partial charge in [0.15, 0.2) is 0 Å². The third-order valence-electron chi connectivity index (χ3n) is 3.20. The van der Waals surface area contributed by atoms with Crippen molar-refractivity contribution in [3.63, 3.8) is 0 Å². The Balaban J connectivity index is 1.96. The zero-order valence-electron chi connectivity index (χ0n) is 10.7. The van der Waals surface area contributed by atoms with Gasteiger partial charge in [0, 0.05) is 19.1 Å². The number of nitrogens with one attached hydrogen (secondary N) is 1. The second kappa shape index (κ2) is 6.40. The minimum Gasteiger partial charge on any atom is -0.337 e. The Kier molecular flexibility index (Phi) is 5.03. The van der Waals surface area contributed by atoms with Crippen molar-refractivity contribution in [3.05, 3.63) is 16.5 Å². The molecular formula is C11H16ClN3O3S2. The first kappa shape index (κ1) is 15.7. The molecule has 1 amide bonds. The number of nitrogens with two attached hydrogens (primary N) is 1. The standard InChI is InChI=1S/C11H16ClN3O3S2/c12-9-3-4-11(19-9)20(17,18)14-7-10(16)15-5-1-2-8(15)6-13/h3-4,8,14H,1-2,5-7,13H2. The highest BCUT2D eigenvalue weighted by atomic mass is 35.5. The number of carbonyl (C=O) groups excluding carboxylic acids is 1. The highest BCUT2D eigenvalue weighted by molar-refractivity contribution is 7.91. The van der Waals surface area contributed by atoms with Crippen LogP contribution in [0.4, 0.5) is 0 Å². The fourth-order valence-electron chi connectivity index (χ4n) is 2.18. The lowest BCUT2D eigenvalue weighted by Crippen LogP contribution is -2.45. The van der Waals surface area contributed by atoms with Crippen LogP contribution in [0.5, 0.6) is 0 Å². The molecule has 2 heterocycles. The van der Waals surface area contributed by atoms with Gasteiger partial charge in [0.1, 0.15) is 4.21 Å². The summed E-state index contributed by atoms with van der Waals surface area (Å²) in [7, 11) is -3.68. The number of hydrogen-bond donors (Lipinski definition) is 2. The predicted molar refractivity (Wildman–Crippen MR) is 78.3 cm³/mol. The molecule has 1 saturated heterocycles. The largest absolute Gasteiger partial charge is 0.337 e. The Morgan fingerprint density at radius 1 is 1.55 bits per heavy atom. The lowest BCUT2D eigenvalue weighted by molar-refractivity contribution is -0.130. The van der Waals surface area contributed by atoms with E-state index in [0.717, 1.165) is 24.2 Å². The quantitative estimate of drug-likeness (QED) is 0.824. The van der Waals surface area contributed by atoms with Gasteiger partial charge in [0.2, 0.25) is 5.91 Å². The molecule has 0 aromatic carbocycles. The number of rotatable bonds is 5. The molecule has 1 atom stereocenters. The summed E-state index contributed by atoms with van der Waals surface area (Å²) in [6.07, 6.45) is 1.77. The van der Waals surface area contributed by atoms with E-state index in [9.17, 15) is 13.2 Å². The number of amides is 1. The van der Waals surface area contributed by atoms with Crippen LogP contribution in [0, 0.1) is 0 Å². The van der Waals surface area contributed by atoms with Crippen molar-refractivity contribution in [2.45, 2.75) is 23.1 Å². The van der Waals surface area contributed by atoms with Crippen molar-refractivity contribution in [1.29, 1.82) is 0 Å². The van der Waals surface area contributed by atoms with Crippen molar-refractivity contribution in [1.82, 2.24) is 9.62 Å². The second-order valence-corrected chi connectivity index (χ2v) is 8.21. The van der Waals surface area contributed by atoms with E-state index in [-0.39, 0.29) is 22.7 Å². The summed E-state index contributed by atoms with van der Waals surface area (Å²) in [4.78, 5) is 13.7. The Morgan fingerprint density at radius 3 is 2.90 bits per heavy atom. The van der Waals surface area contributed by atoms with Gasteiger partial charge < -0.3 is 10.6 Å². The van der Waals surface area contributed by atoms with E-state index in [0.29, 0.717) is 17.4 Å². The number of hydrogen-bond acceptors (Lipinski definition) is 5. The molecule has 1 fully saturated rings. The summed E-state index contributed by atoms with van der Waals surface area (Å²) in [6.45, 7) is 0.778. The van der Waals surface area contributed by atoms with Gasteiger partial charge in [-0.05, 0) is 25.0 Å². The van der Waals surface area contributed by atoms with Crippen LogP contribution in [0.2, 0.25) is 4.34 Å².